The molecule has 2 aromatic rings. The molecule has 0 saturated carbocycles. The maximum Gasteiger partial charge on any atom is 0.180 e. The first-order chi connectivity index (χ1) is 11.0. The molecule has 4 nitrogen and oxygen atoms in total. The van der Waals surface area contributed by atoms with E-state index in [0.717, 1.165) is 43.7 Å². The number of rotatable bonds is 3. The number of hydrogen-bond acceptors (Lipinski definition) is 5. The van der Waals surface area contributed by atoms with Crippen molar-refractivity contribution in [2.75, 3.05) is 31.1 Å². The van der Waals surface area contributed by atoms with Crippen LogP contribution in [0, 0.1) is 0 Å². The van der Waals surface area contributed by atoms with Gasteiger partial charge in [0.2, 0.25) is 0 Å². The van der Waals surface area contributed by atoms with Gasteiger partial charge in [-0.15, -0.1) is 11.3 Å². The van der Waals surface area contributed by atoms with E-state index in [1.165, 1.54) is 4.88 Å². The number of nitrogen functional groups attached to an aromatic ring is 2. The second kappa shape index (κ2) is 7.09. The lowest BCUT2D eigenvalue weighted by molar-refractivity contribution is 0.318. The highest BCUT2D eigenvalue weighted by Crippen LogP contribution is 2.29. The Labute approximate surface area is 149 Å². The number of benzene rings is 1. The number of nitrogens with two attached hydrogens (primary N) is 2. The summed E-state index contributed by atoms with van der Waals surface area (Å²) < 4.78 is 0. The summed E-state index contributed by atoms with van der Waals surface area (Å²) >= 11 is 13.7. The van der Waals surface area contributed by atoms with Gasteiger partial charge in [-0.25, -0.2) is 4.98 Å². The van der Waals surface area contributed by atoms with Crippen LogP contribution in [0.15, 0.2) is 18.2 Å². The van der Waals surface area contributed by atoms with Gasteiger partial charge in [0, 0.05) is 30.9 Å². The predicted octanol–water partition coefficient (Wildman–Crippen LogP) is 3.73. The number of thiazole rings is 1. The van der Waals surface area contributed by atoms with E-state index in [1.54, 1.807) is 11.3 Å². The fourth-order valence-electron chi connectivity index (χ4n) is 2.65. The Bertz CT molecular complexity index is 693. The van der Waals surface area contributed by atoms with E-state index >= 15 is 0 Å². The molecule has 3 rings (SSSR count). The van der Waals surface area contributed by atoms with Crippen molar-refractivity contribution in [1.82, 2.24) is 9.88 Å². The van der Waals surface area contributed by atoms with Crippen molar-refractivity contribution in [3.8, 4) is 0 Å². The average molecular weight is 369 g/mol. The third kappa shape index (κ3) is 3.98. The van der Waals surface area contributed by atoms with Crippen LogP contribution in [0.3, 0.4) is 0 Å². The zero-order valence-corrected chi connectivity index (χ0v) is 14.9. The van der Waals surface area contributed by atoms with Gasteiger partial charge in [0.25, 0.3) is 0 Å². The first-order valence-electron chi connectivity index (χ1n) is 7.40. The van der Waals surface area contributed by atoms with Crippen molar-refractivity contribution in [2.24, 2.45) is 0 Å². The van der Waals surface area contributed by atoms with Gasteiger partial charge in [0.15, 0.2) is 5.13 Å². The van der Waals surface area contributed by atoms with Crippen molar-refractivity contribution in [2.45, 2.75) is 12.8 Å². The van der Waals surface area contributed by atoms with Gasteiger partial charge in [-0.05, 0) is 24.1 Å². The van der Waals surface area contributed by atoms with Crippen LogP contribution in [0.5, 0.6) is 0 Å². The molecule has 23 heavy (non-hydrogen) atoms. The molecular formula is C16H18Cl2N4S. The average Bonchev–Trinajstić information content (AvgIpc) is 2.76. The Hall–Kier alpha value is -1.27. The van der Waals surface area contributed by atoms with Gasteiger partial charge in [-0.2, -0.15) is 0 Å². The molecule has 0 spiro atoms. The molecule has 0 atom stereocenters. The minimum atomic E-state index is 0.427. The summed E-state index contributed by atoms with van der Waals surface area (Å²) in [6, 6.07) is 3.65. The van der Waals surface area contributed by atoms with Gasteiger partial charge in [0.1, 0.15) is 0 Å². The van der Waals surface area contributed by atoms with E-state index in [-0.39, 0.29) is 0 Å². The number of fused-ring (bicyclic) bond motifs is 1. The van der Waals surface area contributed by atoms with Crippen molar-refractivity contribution in [3.63, 3.8) is 0 Å². The van der Waals surface area contributed by atoms with E-state index in [4.69, 9.17) is 34.7 Å². The quantitative estimate of drug-likeness (QED) is 0.809. The smallest absolute Gasteiger partial charge is 0.180 e. The monoisotopic (exact) mass is 368 g/mol. The van der Waals surface area contributed by atoms with Gasteiger partial charge in [-0.1, -0.05) is 35.4 Å². The van der Waals surface area contributed by atoms with Crippen molar-refractivity contribution >= 4 is 51.4 Å². The molecule has 1 aliphatic rings. The van der Waals surface area contributed by atoms with Gasteiger partial charge >= 0.3 is 0 Å². The predicted molar refractivity (Wildman–Crippen MR) is 100 cm³/mol. The molecule has 2 heterocycles. The van der Waals surface area contributed by atoms with Crippen molar-refractivity contribution < 1.29 is 0 Å². The van der Waals surface area contributed by atoms with Crippen LogP contribution in [0.1, 0.15) is 16.1 Å². The Kier molecular flexibility index (Phi) is 5.11. The summed E-state index contributed by atoms with van der Waals surface area (Å²) in [5.41, 5.74) is 14.1. The number of nitrogens with zero attached hydrogens (tertiary/aromatic N) is 2. The number of anilines is 2. The van der Waals surface area contributed by atoms with E-state index in [1.807, 2.05) is 18.2 Å². The summed E-state index contributed by atoms with van der Waals surface area (Å²) in [5.74, 6) is 0. The molecule has 0 radical (unpaired) electrons. The SMILES string of the molecule is Nc1nc2c(s1)CCN(CC=Cc1cc(Cl)c(N)c(Cl)c1)CC2. The highest BCUT2D eigenvalue weighted by Gasteiger charge is 2.16. The molecule has 1 aromatic carbocycles. The molecule has 0 unspecified atom stereocenters. The lowest BCUT2D eigenvalue weighted by Crippen LogP contribution is -2.26. The molecular weight excluding hydrogens is 351 g/mol. The summed E-state index contributed by atoms with van der Waals surface area (Å²) in [5, 5.41) is 1.65. The van der Waals surface area contributed by atoms with Crippen LogP contribution in [0.4, 0.5) is 10.8 Å². The molecule has 0 aliphatic carbocycles. The normalized spacial score (nSPS) is 15.7. The largest absolute Gasteiger partial charge is 0.396 e. The molecule has 7 heteroatoms. The fraction of sp³-hybridized carbons (Fsp3) is 0.312. The van der Waals surface area contributed by atoms with Crippen molar-refractivity contribution in [1.29, 1.82) is 0 Å². The van der Waals surface area contributed by atoms with E-state index < -0.39 is 0 Å². The highest BCUT2D eigenvalue weighted by atomic mass is 35.5. The third-order valence-corrected chi connectivity index (χ3v) is 5.50. The maximum atomic E-state index is 6.05. The van der Waals surface area contributed by atoms with Crippen LogP contribution < -0.4 is 11.5 Å². The second-order valence-corrected chi connectivity index (χ2v) is 7.45. The zero-order chi connectivity index (χ0) is 16.4. The first kappa shape index (κ1) is 16.6. The molecule has 4 N–H and O–H groups in total. The molecule has 122 valence electrons. The Balaban J connectivity index is 1.60. The zero-order valence-electron chi connectivity index (χ0n) is 12.6. The number of halogens is 2. The summed E-state index contributed by atoms with van der Waals surface area (Å²) in [7, 11) is 0. The molecule has 0 saturated heterocycles. The summed E-state index contributed by atoms with van der Waals surface area (Å²) in [6.45, 7) is 2.88. The van der Waals surface area contributed by atoms with Crippen LogP contribution in [0.25, 0.3) is 6.08 Å². The topological polar surface area (TPSA) is 68.2 Å². The lowest BCUT2D eigenvalue weighted by atomic mass is 10.2. The standard InChI is InChI=1S/C16H18Cl2N4S/c17-11-8-10(9-12(18)15(11)19)2-1-5-22-6-3-13-14(4-7-22)23-16(20)21-13/h1-2,8-9H,3-7,19H2,(H2,20,21). The molecule has 0 fully saturated rings. The van der Waals surface area contributed by atoms with E-state index in [9.17, 15) is 0 Å². The molecule has 0 amide bonds. The Morgan fingerprint density at radius 3 is 2.61 bits per heavy atom. The summed E-state index contributed by atoms with van der Waals surface area (Å²) in [6.07, 6.45) is 6.11. The van der Waals surface area contributed by atoms with E-state index in [2.05, 4.69) is 16.0 Å². The van der Waals surface area contributed by atoms with E-state index in [0.29, 0.717) is 20.9 Å². The van der Waals surface area contributed by atoms with Crippen molar-refractivity contribution in [3.05, 3.63) is 44.4 Å². The molecule has 0 bridgehead atoms. The minimum Gasteiger partial charge on any atom is -0.396 e. The van der Waals surface area contributed by atoms with Gasteiger partial charge in [0.05, 0.1) is 21.4 Å². The fourth-order valence-corrected chi connectivity index (χ4v) is 4.02. The summed E-state index contributed by atoms with van der Waals surface area (Å²) in [4.78, 5) is 8.14. The Morgan fingerprint density at radius 1 is 1.17 bits per heavy atom. The third-order valence-electron chi connectivity index (χ3n) is 3.89. The highest BCUT2D eigenvalue weighted by molar-refractivity contribution is 7.15. The number of hydrogen-bond donors (Lipinski definition) is 2. The van der Waals surface area contributed by atoms with Crippen LogP contribution in [-0.4, -0.2) is 29.5 Å². The number of aromatic nitrogens is 1. The minimum absolute atomic E-state index is 0.427. The van der Waals surface area contributed by atoms with Crippen LogP contribution in [-0.2, 0) is 12.8 Å². The molecule has 1 aliphatic heterocycles. The van der Waals surface area contributed by atoms with Gasteiger partial charge in [-0.3, -0.25) is 4.90 Å². The molecule has 1 aromatic heterocycles. The lowest BCUT2D eigenvalue weighted by Gasteiger charge is -2.17. The van der Waals surface area contributed by atoms with Crippen LogP contribution >= 0.6 is 34.5 Å². The maximum absolute atomic E-state index is 6.05. The van der Waals surface area contributed by atoms with Gasteiger partial charge < -0.3 is 11.5 Å². The second-order valence-electron chi connectivity index (χ2n) is 5.52. The van der Waals surface area contributed by atoms with Crippen LogP contribution in [0.2, 0.25) is 10.0 Å². The first-order valence-corrected chi connectivity index (χ1v) is 8.97. The Morgan fingerprint density at radius 2 is 1.87 bits per heavy atom.